The van der Waals surface area contributed by atoms with Gasteiger partial charge in [0, 0.05) is 28.9 Å². The van der Waals surface area contributed by atoms with Gasteiger partial charge in [-0.05, 0) is 25.5 Å². The summed E-state index contributed by atoms with van der Waals surface area (Å²) in [6.07, 6.45) is 0.665. The van der Waals surface area contributed by atoms with E-state index < -0.39 is 0 Å². The summed E-state index contributed by atoms with van der Waals surface area (Å²) in [5, 5.41) is 6.78. The molecule has 0 aliphatic rings. The molecule has 1 aromatic carbocycles. The van der Waals surface area contributed by atoms with Crippen LogP contribution >= 0.6 is 0 Å². The van der Waals surface area contributed by atoms with E-state index in [9.17, 15) is 9.59 Å². The fraction of sp³-hybridized carbons (Fsp3) is 0.300. The molecule has 1 amide bonds. The third-order valence-corrected chi connectivity index (χ3v) is 4.19. The number of carbonyl (C=O) groups excluding carboxylic acids is 1. The zero-order valence-electron chi connectivity index (χ0n) is 15.8. The lowest BCUT2D eigenvalue weighted by molar-refractivity contribution is 0.102. The molecule has 3 rings (SSSR count). The second-order valence-corrected chi connectivity index (χ2v) is 6.64. The average molecular weight is 366 g/mol. The van der Waals surface area contributed by atoms with Crippen LogP contribution in [0.1, 0.15) is 54.2 Å². The molecule has 0 saturated carbocycles. The summed E-state index contributed by atoms with van der Waals surface area (Å²) in [4.78, 5) is 31.7. The van der Waals surface area contributed by atoms with Gasteiger partial charge in [0.25, 0.3) is 11.5 Å². The Bertz CT molecular complexity index is 1030. The third kappa shape index (κ3) is 3.97. The minimum Gasteiger partial charge on any atom is -0.360 e. The van der Waals surface area contributed by atoms with E-state index in [1.807, 2.05) is 26.8 Å². The first-order valence-corrected chi connectivity index (χ1v) is 8.87. The quantitative estimate of drug-likeness (QED) is 0.717. The van der Waals surface area contributed by atoms with E-state index in [4.69, 9.17) is 4.52 Å². The zero-order chi connectivity index (χ0) is 19.6. The third-order valence-electron chi connectivity index (χ3n) is 4.19. The number of hydrogen-bond donors (Lipinski definition) is 2. The number of aromatic amines is 1. The van der Waals surface area contributed by atoms with E-state index in [-0.39, 0.29) is 17.4 Å². The van der Waals surface area contributed by atoms with E-state index in [0.29, 0.717) is 46.2 Å². The summed E-state index contributed by atoms with van der Waals surface area (Å²) in [7, 11) is 0. The van der Waals surface area contributed by atoms with Gasteiger partial charge in [0.05, 0.1) is 5.69 Å². The maximum atomic E-state index is 12.7. The molecular weight excluding hydrogens is 344 g/mol. The molecule has 2 aromatic heterocycles. The minimum atomic E-state index is -0.279. The molecule has 0 spiro atoms. The van der Waals surface area contributed by atoms with E-state index in [0.717, 1.165) is 0 Å². The lowest BCUT2D eigenvalue weighted by Gasteiger charge is -2.09. The van der Waals surface area contributed by atoms with Gasteiger partial charge in [0.2, 0.25) is 0 Å². The highest BCUT2D eigenvalue weighted by molar-refractivity contribution is 6.06. The van der Waals surface area contributed by atoms with Gasteiger partial charge in [0.15, 0.2) is 5.76 Å². The van der Waals surface area contributed by atoms with Gasteiger partial charge in [-0.3, -0.25) is 9.59 Å². The molecule has 0 aliphatic carbocycles. The molecular formula is C20H22N4O3. The molecule has 27 heavy (non-hydrogen) atoms. The van der Waals surface area contributed by atoms with E-state index in [1.165, 1.54) is 6.07 Å². The van der Waals surface area contributed by atoms with Crippen LogP contribution in [0.4, 0.5) is 5.69 Å². The van der Waals surface area contributed by atoms with E-state index in [2.05, 4.69) is 20.4 Å². The first kappa shape index (κ1) is 18.6. The molecule has 0 aliphatic heterocycles. The monoisotopic (exact) mass is 366 g/mol. The average Bonchev–Trinajstić information content (AvgIpc) is 3.03. The van der Waals surface area contributed by atoms with Gasteiger partial charge in [-0.2, -0.15) is 0 Å². The summed E-state index contributed by atoms with van der Waals surface area (Å²) in [5.74, 6) is 0.796. The van der Waals surface area contributed by atoms with Crippen molar-refractivity contribution >= 4 is 11.6 Å². The SMILES string of the molecule is CCc1cc(=O)[nH]c(-c2cccc(NC(=O)c3c(C)noc3C(C)C)c2)n1. The summed E-state index contributed by atoms with van der Waals surface area (Å²) in [6, 6.07) is 8.66. The number of aryl methyl sites for hydroxylation is 2. The van der Waals surface area contributed by atoms with Crippen LogP contribution < -0.4 is 10.9 Å². The number of anilines is 1. The minimum absolute atomic E-state index is 0.0457. The Morgan fingerprint density at radius 3 is 2.78 bits per heavy atom. The van der Waals surface area contributed by atoms with Crippen LogP contribution in [0, 0.1) is 6.92 Å². The van der Waals surface area contributed by atoms with Crippen LogP contribution in [-0.2, 0) is 6.42 Å². The van der Waals surface area contributed by atoms with Crippen molar-refractivity contribution in [3.05, 3.63) is 63.4 Å². The van der Waals surface area contributed by atoms with Gasteiger partial charge < -0.3 is 14.8 Å². The molecule has 0 atom stereocenters. The lowest BCUT2D eigenvalue weighted by atomic mass is 10.0. The first-order valence-electron chi connectivity index (χ1n) is 8.87. The van der Waals surface area contributed by atoms with Gasteiger partial charge in [-0.1, -0.05) is 38.1 Å². The number of rotatable bonds is 5. The molecule has 2 N–H and O–H groups in total. The van der Waals surface area contributed by atoms with Crippen LogP contribution in [0.3, 0.4) is 0 Å². The highest BCUT2D eigenvalue weighted by Crippen LogP contribution is 2.24. The van der Waals surface area contributed by atoms with Crippen molar-refractivity contribution in [2.24, 2.45) is 0 Å². The highest BCUT2D eigenvalue weighted by atomic mass is 16.5. The maximum absolute atomic E-state index is 12.7. The second-order valence-electron chi connectivity index (χ2n) is 6.64. The topological polar surface area (TPSA) is 101 Å². The van der Waals surface area contributed by atoms with Gasteiger partial charge in [-0.25, -0.2) is 4.98 Å². The molecule has 3 aromatic rings. The largest absolute Gasteiger partial charge is 0.360 e. The molecule has 2 heterocycles. The first-order chi connectivity index (χ1) is 12.9. The second kappa shape index (κ2) is 7.57. The van der Waals surface area contributed by atoms with Crippen molar-refractivity contribution in [3.63, 3.8) is 0 Å². The molecule has 0 radical (unpaired) electrons. The summed E-state index contributed by atoms with van der Waals surface area (Å²) in [6.45, 7) is 7.57. The number of hydrogen-bond acceptors (Lipinski definition) is 5. The van der Waals surface area contributed by atoms with Crippen molar-refractivity contribution in [2.75, 3.05) is 5.32 Å². The van der Waals surface area contributed by atoms with Crippen LogP contribution in [-0.4, -0.2) is 21.0 Å². The number of aromatic nitrogens is 3. The zero-order valence-corrected chi connectivity index (χ0v) is 15.8. The van der Waals surface area contributed by atoms with Gasteiger partial charge in [0.1, 0.15) is 11.4 Å². The number of amides is 1. The van der Waals surface area contributed by atoms with Crippen LogP contribution in [0.25, 0.3) is 11.4 Å². The Balaban J connectivity index is 1.91. The lowest BCUT2D eigenvalue weighted by Crippen LogP contribution is -2.15. The summed E-state index contributed by atoms with van der Waals surface area (Å²) in [5.41, 5.74) is 2.82. The fourth-order valence-electron chi connectivity index (χ4n) is 2.82. The molecule has 0 unspecified atom stereocenters. The molecule has 0 saturated heterocycles. The molecule has 0 fully saturated rings. The Labute approximate surface area is 156 Å². The van der Waals surface area contributed by atoms with E-state index in [1.54, 1.807) is 25.1 Å². The predicted molar refractivity (Wildman–Crippen MR) is 103 cm³/mol. The van der Waals surface area contributed by atoms with Gasteiger partial charge >= 0.3 is 0 Å². The Kier molecular flexibility index (Phi) is 5.21. The summed E-state index contributed by atoms with van der Waals surface area (Å²) < 4.78 is 5.29. The maximum Gasteiger partial charge on any atom is 0.261 e. The van der Waals surface area contributed by atoms with Crippen LogP contribution in [0.2, 0.25) is 0 Å². The van der Waals surface area contributed by atoms with Crippen molar-refractivity contribution in [1.82, 2.24) is 15.1 Å². The fourth-order valence-corrected chi connectivity index (χ4v) is 2.82. The number of nitrogens with one attached hydrogen (secondary N) is 2. The highest BCUT2D eigenvalue weighted by Gasteiger charge is 2.22. The molecule has 7 heteroatoms. The predicted octanol–water partition coefficient (Wildman–Crippen LogP) is 3.67. The number of benzene rings is 1. The summed E-state index contributed by atoms with van der Waals surface area (Å²) >= 11 is 0. The molecule has 0 bridgehead atoms. The Morgan fingerprint density at radius 1 is 1.30 bits per heavy atom. The molecule has 140 valence electrons. The van der Waals surface area contributed by atoms with Crippen molar-refractivity contribution in [2.45, 2.75) is 40.0 Å². The normalized spacial score (nSPS) is 11.0. The Morgan fingerprint density at radius 2 is 2.07 bits per heavy atom. The van der Waals surface area contributed by atoms with Crippen molar-refractivity contribution < 1.29 is 9.32 Å². The van der Waals surface area contributed by atoms with E-state index >= 15 is 0 Å². The van der Waals surface area contributed by atoms with Crippen molar-refractivity contribution in [1.29, 1.82) is 0 Å². The standard InChI is InChI=1S/C20H22N4O3/c1-5-14-10-16(25)23-19(21-14)13-7-6-8-15(9-13)22-20(26)17-12(4)24-27-18(17)11(2)3/h6-11H,5H2,1-4H3,(H,22,26)(H,21,23,25). The van der Waals surface area contributed by atoms with Crippen LogP contribution in [0.15, 0.2) is 39.6 Å². The van der Waals surface area contributed by atoms with Gasteiger partial charge in [-0.15, -0.1) is 0 Å². The molecule has 7 nitrogen and oxygen atoms in total. The Hall–Kier alpha value is -3.22. The number of nitrogens with zero attached hydrogens (tertiary/aromatic N) is 2. The van der Waals surface area contributed by atoms with Crippen molar-refractivity contribution in [3.8, 4) is 11.4 Å². The van der Waals surface area contributed by atoms with Crippen LogP contribution in [0.5, 0.6) is 0 Å². The number of H-pyrrole nitrogens is 1. The number of carbonyl (C=O) groups is 1. The smallest absolute Gasteiger partial charge is 0.261 e.